The van der Waals surface area contributed by atoms with Gasteiger partial charge in [0.15, 0.2) is 0 Å². The van der Waals surface area contributed by atoms with Crippen molar-refractivity contribution in [3.05, 3.63) is 306 Å². The topological polar surface area (TPSA) is 31.6 Å². The van der Waals surface area contributed by atoms with Gasteiger partial charge >= 0.3 is 0 Å². The molecular weight excluding hydrogens is 1410 g/mol. The molecule has 20 rings (SSSR count). The van der Waals surface area contributed by atoms with Crippen molar-refractivity contribution in [2.75, 3.05) is 0 Å². The molecule has 0 N–H and O–H groups in total. The first-order chi connectivity index (χ1) is 52.3. The average Bonchev–Trinajstić information content (AvgIpc) is 1.38. The number of para-hydroxylation sites is 4. The van der Waals surface area contributed by atoms with E-state index in [0.29, 0.717) is 0 Å². The van der Waals surface area contributed by atoms with Gasteiger partial charge in [0.2, 0.25) is 0 Å². The fourth-order valence-corrected chi connectivity index (χ4v) is 20.1. The van der Waals surface area contributed by atoms with E-state index in [-0.39, 0.29) is 39.2 Å². The van der Waals surface area contributed by atoms with E-state index in [1.165, 1.54) is 136 Å². The normalized spacial score (nSPS) is 12.8. The monoisotopic (exact) mass is 1510 g/mol. The van der Waals surface area contributed by atoms with Gasteiger partial charge in [0.25, 0.3) is 6.71 Å². The van der Waals surface area contributed by atoms with Crippen molar-refractivity contribution < 1.29 is 13.9 Å². The van der Waals surface area contributed by atoms with Gasteiger partial charge in [-0.05, 0) is 150 Å². The lowest BCUT2D eigenvalue weighted by molar-refractivity contribution is 0.458. The Balaban J connectivity index is 0.000000106. The predicted molar refractivity (Wildman–Crippen MR) is 487 cm³/mol. The zero-order chi connectivity index (χ0) is 77.4. The lowest BCUT2D eigenvalue weighted by atomic mass is 9.35. The number of ether oxygens (including phenoxy) is 2. The second-order valence-electron chi connectivity index (χ2n) is 35.6. The highest BCUT2D eigenvalue weighted by Gasteiger charge is 2.41. The maximum atomic E-state index is 6.30. The van der Waals surface area contributed by atoms with Crippen LogP contribution in [0.25, 0.3) is 103 Å². The van der Waals surface area contributed by atoms with Crippen LogP contribution < -0.4 is 25.9 Å². The maximum absolute atomic E-state index is 6.30. The van der Waals surface area contributed by atoms with Crippen molar-refractivity contribution in [1.82, 2.24) is 0 Å². The Bertz CT molecular complexity index is 6220. The van der Waals surface area contributed by atoms with Crippen molar-refractivity contribution in [2.45, 2.75) is 157 Å². The molecule has 0 unspecified atom stereocenters. The van der Waals surface area contributed by atoms with Crippen LogP contribution in [0.15, 0.2) is 277 Å². The maximum Gasteiger partial charge on any atom is 0.260 e. The molecule has 0 atom stereocenters. The molecule has 0 spiro atoms. The highest BCUT2D eigenvalue weighted by Crippen LogP contribution is 2.45. The molecule has 0 bridgehead atoms. The summed E-state index contributed by atoms with van der Waals surface area (Å²) in [5.74, 6) is 3.71. The van der Waals surface area contributed by atoms with Crippen molar-refractivity contribution in [3.8, 4) is 23.0 Å². The largest absolute Gasteiger partial charge is 0.458 e. The minimum absolute atomic E-state index is 0.0294. The van der Waals surface area contributed by atoms with E-state index in [9.17, 15) is 0 Å². The molecule has 18 aromatic rings. The number of thiophene rings is 4. The molecule has 2 aliphatic heterocycles. The molecule has 3 nitrogen and oxygen atoms in total. The standard InChI is InChI=1S/C22H19BO2.C16H16O.4C16H16S/c1-22(2,3)14-12-19-21-20(13-14)25-18-11-7-5-9-16(18)23(21)15-8-4-6-10-17(15)24-19;2*1-16(2,3)13-9-6-8-12-11-7-4-5-10-14(11)17-15(12)13;1-16(2,3)12-8-6-10-14-15(12)11-7-4-5-9-13(11)17-14;1-16(2,3)11-8-9-15-13(10-11)12-6-4-5-7-14(12)17-15;1-16(2,3)11-8-9-13-12-6-4-5-7-14(12)17-15(13)10-11/h4-13H,1-3H3;5*4-10H,1-3H3. The Hall–Kier alpha value is -9.80. The van der Waals surface area contributed by atoms with Crippen molar-refractivity contribution in [2.24, 2.45) is 0 Å². The molecule has 110 heavy (non-hydrogen) atoms. The Morgan fingerprint density at radius 3 is 1.21 bits per heavy atom. The minimum atomic E-state index is 0.0294. The van der Waals surface area contributed by atoms with E-state index in [1.807, 2.05) is 69.6 Å². The number of rotatable bonds is 0. The van der Waals surface area contributed by atoms with Crippen LogP contribution in [0.5, 0.6) is 23.0 Å². The Labute approximate surface area is 666 Å². The Kier molecular flexibility index (Phi) is 20.3. The van der Waals surface area contributed by atoms with Crippen molar-refractivity contribution >= 4 is 171 Å². The molecule has 2 aliphatic rings. The second kappa shape index (κ2) is 29.5. The second-order valence-corrected chi connectivity index (χ2v) is 39.9. The summed E-state index contributed by atoms with van der Waals surface area (Å²) in [5.41, 5.74) is 14.8. The van der Waals surface area contributed by atoms with Crippen LogP contribution in [0.2, 0.25) is 0 Å². The molecule has 0 saturated carbocycles. The lowest BCUT2D eigenvalue weighted by Gasteiger charge is -2.34. The van der Waals surface area contributed by atoms with Gasteiger partial charge < -0.3 is 13.9 Å². The number of furan rings is 1. The van der Waals surface area contributed by atoms with Gasteiger partial charge in [-0.2, -0.15) is 0 Å². The van der Waals surface area contributed by atoms with Gasteiger partial charge in [-0.1, -0.05) is 319 Å². The molecule has 0 radical (unpaired) electrons. The van der Waals surface area contributed by atoms with Crippen LogP contribution in [-0.2, 0) is 32.5 Å². The number of benzene rings is 13. The van der Waals surface area contributed by atoms with Crippen molar-refractivity contribution in [1.29, 1.82) is 0 Å². The zero-order valence-electron chi connectivity index (χ0n) is 66.9. The summed E-state index contributed by atoms with van der Waals surface area (Å²) in [6.45, 7) is 40.8. The molecule has 0 saturated heterocycles. The van der Waals surface area contributed by atoms with E-state index in [0.717, 1.165) is 39.6 Å². The van der Waals surface area contributed by atoms with Crippen LogP contribution in [0, 0.1) is 0 Å². The first kappa shape index (κ1) is 75.6. The number of fused-ring (bicyclic) bond motifs is 19. The van der Waals surface area contributed by atoms with Crippen LogP contribution in [0.4, 0.5) is 0 Å². The van der Waals surface area contributed by atoms with Crippen LogP contribution in [0.3, 0.4) is 0 Å². The van der Waals surface area contributed by atoms with E-state index in [2.05, 4.69) is 373 Å². The molecule has 13 aromatic carbocycles. The molecule has 0 amide bonds. The summed E-state index contributed by atoms with van der Waals surface area (Å²) >= 11 is 7.58. The third-order valence-corrected chi connectivity index (χ3v) is 25.9. The first-order valence-electron chi connectivity index (χ1n) is 38.6. The number of hydrogen-bond acceptors (Lipinski definition) is 7. The molecule has 8 heteroatoms. The summed E-state index contributed by atoms with van der Waals surface area (Å²) in [5, 5.41) is 13.6. The van der Waals surface area contributed by atoms with Gasteiger partial charge in [-0.3, -0.25) is 0 Å². The average molecular weight is 1510 g/mol. The van der Waals surface area contributed by atoms with Gasteiger partial charge in [0.1, 0.15) is 34.2 Å². The van der Waals surface area contributed by atoms with Crippen LogP contribution in [-0.4, -0.2) is 6.71 Å². The molecule has 5 aromatic heterocycles. The van der Waals surface area contributed by atoms with Gasteiger partial charge in [-0.15, -0.1) is 45.3 Å². The lowest BCUT2D eigenvalue weighted by Crippen LogP contribution is -2.57. The fraction of sp³-hybridized carbons (Fsp3) is 0.235. The summed E-state index contributed by atoms with van der Waals surface area (Å²) in [7, 11) is 0. The summed E-state index contributed by atoms with van der Waals surface area (Å²) < 4.78 is 29.8. The first-order valence-corrected chi connectivity index (χ1v) is 41.9. The number of hydrogen-bond donors (Lipinski definition) is 0. The molecular formula is C102H99BO3S4. The highest BCUT2D eigenvalue weighted by molar-refractivity contribution is 7.27. The van der Waals surface area contributed by atoms with Crippen molar-refractivity contribution in [3.63, 3.8) is 0 Å². The predicted octanol–water partition coefficient (Wildman–Crippen LogP) is 30.0. The smallest absolute Gasteiger partial charge is 0.260 e. The van der Waals surface area contributed by atoms with E-state index in [1.54, 1.807) is 0 Å². The van der Waals surface area contributed by atoms with E-state index in [4.69, 9.17) is 13.9 Å². The molecule has 0 fully saturated rings. The third-order valence-electron chi connectivity index (χ3n) is 21.3. The zero-order valence-corrected chi connectivity index (χ0v) is 70.2. The quantitative estimate of drug-likeness (QED) is 0.142. The molecule has 0 aliphatic carbocycles. The summed E-state index contributed by atoms with van der Waals surface area (Å²) in [4.78, 5) is 0. The van der Waals surface area contributed by atoms with E-state index >= 15 is 0 Å². The SMILES string of the molecule is CC(C)(C)c1cc2c3c(c1)Oc1ccccc1B3c1ccccc1O2.CC(C)(C)c1ccc2c(c1)sc1ccccc12.CC(C)(C)c1ccc2sc3ccccc3c2c1.CC(C)(C)c1cccc2c1oc1ccccc12.CC(C)(C)c1cccc2c1sc1ccccc12.CC(C)(C)c1cccc2sc3ccccc3c12. The Morgan fingerprint density at radius 2 is 0.636 bits per heavy atom. The molecule has 7 heterocycles. The minimum Gasteiger partial charge on any atom is -0.458 e. The van der Waals surface area contributed by atoms with Gasteiger partial charge in [0, 0.05) is 102 Å². The fourth-order valence-electron chi connectivity index (χ4n) is 15.3. The van der Waals surface area contributed by atoms with Gasteiger partial charge in [0.05, 0.1) is 0 Å². The highest BCUT2D eigenvalue weighted by atomic mass is 32.1. The van der Waals surface area contributed by atoms with Crippen LogP contribution >= 0.6 is 45.3 Å². The van der Waals surface area contributed by atoms with Gasteiger partial charge in [-0.25, -0.2) is 0 Å². The summed E-state index contributed by atoms with van der Waals surface area (Å²) in [6, 6.07) is 97.5. The van der Waals surface area contributed by atoms with E-state index < -0.39 is 0 Å². The summed E-state index contributed by atoms with van der Waals surface area (Å²) in [6.07, 6.45) is 0. The Morgan fingerprint density at radius 1 is 0.245 bits per heavy atom. The van der Waals surface area contributed by atoms with Crippen LogP contribution in [0.1, 0.15) is 158 Å². The third kappa shape index (κ3) is 15.2. The molecule has 552 valence electrons.